The van der Waals surface area contributed by atoms with Gasteiger partial charge >= 0.3 is 12.1 Å². The number of alkyl carbamates (subject to hydrolysis) is 1. The van der Waals surface area contributed by atoms with E-state index < -0.39 is 24.2 Å². The van der Waals surface area contributed by atoms with Gasteiger partial charge in [-0.3, -0.25) is 0 Å². The van der Waals surface area contributed by atoms with Crippen molar-refractivity contribution < 1.29 is 33.6 Å². The first-order valence-electron chi connectivity index (χ1n) is 9.51. The van der Waals surface area contributed by atoms with Crippen molar-refractivity contribution in [2.24, 2.45) is 0 Å². The summed E-state index contributed by atoms with van der Waals surface area (Å²) in [7, 11) is 3.03. The summed E-state index contributed by atoms with van der Waals surface area (Å²) >= 11 is 0. The van der Waals surface area contributed by atoms with Crippen molar-refractivity contribution in [3.05, 3.63) is 59.7 Å². The van der Waals surface area contributed by atoms with Crippen molar-refractivity contribution in [1.82, 2.24) is 5.32 Å². The van der Waals surface area contributed by atoms with E-state index in [0.717, 1.165) is 5.56 Å². The van der Waals surface area contributed by atoms with Crippen LogP contribution in [0.4, 0.5) is 4.79 Å². The maximum atomic E-state index is 12.4. The summed E-state index contributed by atoms with van der Waals surface area (Å²) < 4.78 is 20.6. The highest BCUT2D eigenvalue weighted by Crippen LogP contribution is 2.28. The van der Waals surface area contributed by atoms with Gasteiger partial charge in [-0.1, -0.05) is 36.4 Å². The number of carbonyl (C=O) groups excluding carboxylic acids is 2. The Morgan fingerprint density at radius 3 is 2.30 bits per heavy atom. The zero-order valence-electron chi connectivity index (χ0n) is 17.3. The minimum absolute atomic E-state index is 0.0131. The number of methoxy groups -OCH3 is 2. The molecule has 2 N–H and O–H groups in total. The molecule has 0 saturated carbocycles. The van der Waals surface area contributed by atoms with Crippen LogP contribution in [-0.4, -0.2) is 50.1 Å². The van der Waals surface area contributed by atoms with Gasteiger partial charge in [-0.05, 0) is 36.6 Å². The van der Waals surface area contributed by atoms with Crippen LogP contribution in [0.1, 0.15) is 18.1 Å². The highest BCUT2D eigenvalue weighted by Gasteiger charge is 2.30. The second kappa shape index (κ2) is 11.7. The zero-order chi connectivity index (χ0) is 21.9. The number of benzene rings is 2. The number of rotatable bonds is 10. The van der Waals surface area contributed by atoms with E-state index in [2.05, 4.69) is 5.32 Å². The Morgan fingerprint density at radius 1 is 0.967 bits per heavy atom. The molecular weight excluding hydrogens is 390 g/mol. The molecule has 162 valence electrons. The Balaban J connectivity index is 2.12. The van der Waals surface area contributed by atoms with Gasteiger partial charge < -0.3 is 29.4 Å². The van der Waals surface area contributed by atoms with Crippen molar-refractivity contribution in [2.45, 2.75) is 32.1 Å². The molecule has 0 bridgehead atoms. The molecule has 0 aliphatic rings. The van der Waals surface area contributed by atoms with E-state index in [-0.39, 0.29) is 19.6 Å². The van der Waals surface area contributed by atoms with Gasteiger partial charge in [-0.2, -0.15) is 0 Å². The summed E-state index contributed by atoms with van der Waals surface area (Å²) in [6, 6.07) is 13.3. The van der Waals surface area contributed by atoms with Crippen LogP contribution in [0.3, 0.4) is 0 Å². The molecule has 2 atom stereocenters. The van der Waals surface area contributed by atoms with Crippen LogP contribution >= 0.6 is 0 Å². The Bertz CT molecular complexity index is 825. The molecule has 8 nitrogen and oxygen atoms in total. The minimum Gasteiger partial charge on any atom is -0.493 e. The molecule has 0 heterocycles. The van der Waals surface area contributed by atoms with E-state index in [4.69, 9.17) is 18.9 Å². The van der Waals surface area contributed by atoms with Crippen molar-refractivity contribution >= 4 is 12.1 Å². The number of aliphatic hydroxyl groups excluding tert-OH is 1. The van der Waals surface area contributed by atoms with Crippen LogP contribution in [0.15, 0.2) is 48.5 Å². The standard InChI is InChI=1S/C22H27NO7/c1-4-29-22(26)23-17(12-16-10-11-18(27-2)19(13-16)28-3)20(24)21(25)30-14-15-8-6-5-7-9-15/h5-11,13,17,20,24H,4,12,14H2,1-3H3,(H,23,26). The molecule has 1 amide bonds. The fourth-order valence-electron chi connectivity index (χ4n) is 2.81. The Morgan fingerprint density at radius 2 is 1.67 bits per heavy atom. The van der Waals surface area contributed by atoms with Gasteiger partial charge in [-0.15, -0.1) is 0 Å². The normalized spacial score (nSPS) is 12.4. The topological polar surface area (TPSA) is 103 Å². The van der Waals surface area contributed by atoms with Crippen molar-refractivity contribution in [3.63, 3.8) is 0 Å². The number of nitrogens with one attached hydrogen (secondary N) is 1. The summed E-state index contributed by atoms with van der Waals surface area (Å²) in [5, 5.41) is 13.1. The molecule has 0 saturated heterocycles. The lowest BCUT2D eigenvalue weighted by atomic mass is 10.0. The third-order valence-corrected chi connectivity index (χ3v) is 4.33. The molecule has 0 spiro atoms. The Kier molecular flexibility index (Phi) is 8.96. The number of hydrogen-bond acceptors (Lipinski definition) is 7. The fourth-order valence-corrected chi connectivity index (χ4v) is 2.81. The Hall–Kier alpha value is -3.26. The summed E-state index contributed by atoms with van der Waals surface area (Å²) in [5.74, 6) is 0.186. The quantitative estimate of drug-likeness (QED) is 0.573. The van der Waals surface area contributed by atoms with Gasteiger partial charge in [0.1, 0.15) is 6.61 Å². The Labute approximate surface area is 175 Å². The molecule has 8 heteroatoms. The second-order valence-electron chi connectivity index (χ2n) is 6.40. The number of aliphatic hydroxyl groups is 1. The predicted octanol–water partition coefficient (Wildman–Crippen LogP) is 2.47. The highest BCUT2D eigenvalue weighted by molar-refractivity contribution is 5.77. The van der Waals surface area contributed by atoms with Crippen LogP contribution in [0.2, 0.25) is 0 Å². The molecular formula is C22H27NO7. The number of ether oxygens (including phenoxy) is 4. The third kappa shape index (κ3) is 6.66. The summed E-state index contributed by atoms with van der Waals surface area (Å²) in [5.41, 5.74) is 1.50. The largest absolute Gasteiger partial charge is 0.493 e. The van der Waals surface area contributed by atoms with Crippen molar-refractivity contribution in [3.8, 4) is 11.5 Å². The molecule has 0 aromatic heterocycles. The first kappa shape index (κ1) is 23.0. The van der Waals surface area contributed by atoms with Crippen LogP contribution in [-0.2, 0) is 27.3 Å². The lowest BCUT2D eigenvalue weighted by Gasteiger charge is -2.23. The first-order chi connectivity index (χ1) is 14.5. The predicted molar refractivity (Wildman–Crippen MR) is 109 cm³/mol. The second-order valence-corrected chi connectivity index (χ2v) is 6.40. The van der Waals surface area contributed by atoms with Crippen molar-refractivity contribution in [1.29, 1.82) is 0 Å². The van der Waals surface area contributed by atoms with Crippen LogP contribution < -0.4 is 14.8 Å². The van der Waals surface area contributed by atoms with E-state index in [0.29, 0.717) is 17.1 Å². The fraction of sp³-hybridized carbons (Fsp3) is 0.364. The molecule has 0 radical (unpaired) electrons. The highest BCUT2D eigenvalue weighted by atomic mass is 16.6. The number of hydrogen-bond donors (Lipinski definition) is 2. The average Bonchev–Trinajstić information content (AvgIpc) is 2.77. The zero-order valence-corrected chi connectivity index (χ0v) is 17.3. The van der Waals surface area contributed by atoms with Crippen LogP contribution in [0.25, 0.3) is 0 Å². The average molecular weight is 417 g/mol. The minimum atomic E-state index is -1.59. The summed E-state index contributed by atoms with van der Waals surface area (Å²) in [6.07, 6.45) is -2.19. The van der Waals surface area contributed by atoms with E-state index in [1.807, 2.05) is 18.2 Å². The molecule has 0 fully saturated rings. The summed E-state index contributed by atoms with van der Waals surface area (Å²) in [4.78, 5) is 24.3. The van der Waals surface area contributed by atoms with Gasteiger partial charge in [-0.25, -0.2) is 9.59 Å². The molecule has 2 aromatic carbocycles. The van der Waals surface area contributed by atoms with E-state index >= 15 is 0 Å². The van der Waals surface area contributed by atoms with E-state index in [1.165, 1.54) is 14.2 Å². The molecule has 2 aromatic rings. The molecule has 0 aliphatic heterocycles. The van der Waals surface area contributed by atoms with Crippen LogP contribution in [0, 0.1) is 0 Å². The van der Waals surface area contributed by atoms with Gasteiger partial charge in [0, 0.05) is 0 Å². The van der Waals surface area contributed by atoms with Crippen LogP contribution in [0.5, 0.6) is 11.5 Å². The number of carbonyl (C=O) groups is 2. The van der Waals surface area contributed by atoms with E-state index in [1.54, 1.807) is 37.3 Å². The first-order valence-corrected chi connectivity index (χ1v) is 9.51. The molecule has 30 heavy (non-hydrogen) atoms. The van der Waals surface area contributed by atoms with Gasteiger partial charge in [0.25, 0.3) is 0 Å². The lowest BCUT2D eigenvalue weighted by molar-refractivity contribution is -0.156. The maximum absolute atomic E-state index is 12.4. The monoisotopic (exact) mass is 417 g/mol. The van der Waals surface area contributed by atoms with Gasteiger partial charge in [0.15, 0.2) is 17.6 Å². The number of esters is 1. The smallest absolute Gasteiger partial charge is 0.407 e. The lowest BCUT2D eigenvalue weighted by Crippen LogP contribution is -2.49. The molecule has 0 aliphatic carbocycles. The maximum Gasteiger partial charge on any atom is 0.407 e. The molecule has 2 rings (SSSR count). The van der Waals surface area contributed by atoms with Gasteiger partial charge in [0.2, 0.25) is 0 Å². The van der Waals surface area contributed by atoms with Crippen molar-refractivity contribution in [2.75, 3.05) is 20.8 Å². The van der Waals surface area contributed by atoms with E-state index in [9.17, 15) is 14.7 Å². The van der Waals surface area contributed by atoms with Gasteiger partial charge in [0.05, 0.1) is 26.9 Å². The number of amides is 1. The molecule has 2 unspecified atom stereocenters. The third-order valence-electron chi connectivity index (χ3n) is 4.33. The summed E-state index contributed by atoms with van der Waals surface area (Å²) in [6.45, 7) is 1.83. The SMILES string of the molecule is CCOC(=O)NC(Cc1ccc(OC)c(OC)c1)C(O)C(=O)OCc1ccccc1.